The topological polar surface area (TPSA) is 105 Å². The fourth-order valence-corrected chi connectivity index (χ4v) is 5.32. The van der Waals surface area contributed by atoms with Gasteiger partial charge in [-0.15, -0.1) is 0 Å². The van der Waals surface area contributed by atoms with Crippen molar-refractivity contribution in [3.63, 3.8) is 0 Å². The molecule has 1 N–H and O–H groups in total. The highest BCUT2D eigenvalue weighted by Gasteiger charge is 2.28. The first kappa shape index (κ1) is 26.4. The van der Waals surface area contributed by atoms with Crippen LogP contribution < -0.4 is 4.72 Å². The van der Waals surface area contributed by atoms with Crippen molar-refractivity contribution in [3.05, 3.63) is 29.8 Å². The predicted molar refractivity (Wildman–Crippen MR) is 128 cm³/mol. The van der Waals surface area contributed by atoms with E-state index in [-0.39, 0.29) is 35.5 Å². The number of carbonyl (C=O) groups is 2. The second-order valence-electron chi connectivity index (χ2n) is 10.1. The highest BCUT2D eigenvalue weighted by Crippen LogP contribution is 2.21. The van der Waals surface area contributed by atoms with Crippen LogP contribution in [-0.4, -0.2) is 81.8 Å². The van der Waals surface area contributed by atoms with Gasteiger partial charge in [0, 0.05) is 45.4 Å². The Labute approximate surface area is 202 Å². The minimum atomic E-state index is -3.66. The van der Waals surface area contributed by atoms with Gasteiger partial charge in [0.05, 0.1) is 11.0 Å². The number of piperidine rings is 1. The standard InChI is InChI=1S/C24H37N3O6S/c1-24(2,3)33-23(29)26(4)16-18-7-5-13-27(17-18)22(28)19-9-11-21(12-10-19)34(30,31)25-15-20-8-6-14-32-20/h9-12,18,20,25H,5-8,13-17H2,1-4H3. The quantitative estimate of drug-likeness (QED) is 0.624. The van der Waals surface area contributed by atoms with Crippen LogP contribution in [0.4, 0.5) is 4.79 Å². The van der Waals surface area contributed by atoms with E-state index in [1.807, 2.05) is 20.8 Å². The normalized spacial score (nSPS) is 21.4. The number of likely N-dealkylation sites (tertiary alicyclic amines) is 1. The van der Waals surface area contributed by atoms with Gasteiger partial charge in [0.1, 0.15) is 5.60 Å². The van der Waals surface area contributed by atoms with E-state index in [0.717, 1.165) is 25.7 Å². The summed E-state index contributed by atoms with van der Waals surface area (Å²) >= 11 is 0. The maximum Gasteiger partial charge on any atom is 0.410 e. The number of carbonyl (C=O) groups excluding carboxylic acids is 2. The number of hydrogen-bond acceptors (Lipinski definition) is 6. The summed E-state index contributed by atoms with van der Waals surface area (Å²) in [5.74, 6) is 0.0118. The van der Waals surface area contributed by atoms with Crippen LogP contribution in [-0.2, 0) is 19.5 Å². The molecule has 0 radical (unpaired) electrons. The molecule has 190 valence electrons. The molecule has 3 rings (SSSR count). The fraction of sp³-hybridized carbons (Fsp3) is 0.667. The monoisotopic (exact) mass is 495 g/mol. The maximum absolute atomic E-state index is 13.1. The van der Waals surface area contributed by atoms with Crippen molar-refractivity contribution in [2.24, 2.45) is 5.92 Å². The molecule has 0 aromatic heterocycles. The Morgan fingerprint density at radius 3 is 2.50 bits per heavy atom. The van der Waals surface area contributed by atoms with E-state index in [9.17, 15) is 18.0 Å². The lowest BCUT2D eigenvalue weighted by molar-refractivity contribution is 0.0244. The number of ether oxygens (including phenoxy) is 2. The lowest BCUT2D eigenvalue weighted by Crippen LogP contribution is -2.45. The first-order valence-corrected chi connectivity index (χ1v) is 13.4. The SMILES string of the molecule is CN(CC1CCCN(C(=O)c2ccc(S(=O)(=O)NCC3CCCO3)cc2)C1)C(=O)OC(C)(C)C. The molecular weight excluding hydrogens is 458 g/mol. The van der Waals surface area contributed by atoms with Gasteiger partial charge in [-0.05, 0) is 76.6 Å². The first-order valence-electron chi connectivity index (χ1n) is 11.9. The van der Waals surface area contributed by atoms with Crippen molar-refractivity contribution in [1.29, 1.82) is 0 Å². The minimum absolute atomic E-state index is 0.0861. The number of nitrogens with one attached hydrogen (secondary N) is 1. The van der Waals surface area contributed by atoms with Gasteiger partial charge in [0.25, 0.3) is 5.91 Å². The van der Waals surface area contributed by atoms with Crippen LogP contribution in [0.25, 0.3) is 0 Å². The molecule has 2 aliphatic heterocycles. The predicted octanol–water partition coefficient (Wildman–Crippen LogP) is 2.86. The number of rotatable bonds is 7. The Balaban J connectivity index is 1.55. The molecule has 2 fully saturated rings. The number of benzene rings is 1. The van der Waals surface area contributed by atoms with Crippen LogP contribution in [0.1, 0.15) is 56.8 Å². The van der Waals surface area contributed by atoms with Crippen LogP contribution in [0.3, 0.4) is 0 Å². The Bertz CT molecular complexity index is 952. The Morgan fingerprint density at radius 1 is 1.18 bits per heavy atom. The Morgan fingerprint density at radius 2 is 1.88 bits per heavy atom. The molecule has 1 aromatic carbocycles. The van der Waals surface area contributed by atoms with Crippen LogP contribution >= 0.6 is 0 Å². The summed E-state index contributed by atoms with van der Waals surface area (Å²) in [6.07, 6.45) is 3.10. The molecule has 2 aliphatic rings. The number of hydrogen-bond donors (Lipinski definition) is 1. The average molecular weight is 496 g/mol. The summed E-state index contributed by atoms with van der Waals surface area (Å²) in [5, 5.41) is 0. The van der Waals surface area contributed by atoms with Crippen LogP contribution in [0.15, 0.2) is 29.2 Å². The molecule has 2 unspecified atom stereocenters. The molecule has 0 spiro atoms. The van der Waals surface area contributed by atoms with E-state index >= 15 is 0 Å². The highest BCUT2D eigenvalue weighted by molar-refractivity contribution is 7.89. The molecule has 2 amide bonds. The summed E-state index contributed by atoms with van der Waals surface area (Å²) in [6, 6.07) is 6.03. The van der Waals surface area contributed by atoms with Gasteiger partial charge in [-0.3, -0.25) is 4.79 Å². The zero-order valence-electron chi connectivity index (χ0n) is 20.6. The van der Waals surface area contributed by atoms with E-state index in [0.29, 0.717) is 31.8 Å². The van der Waals surface area contributed by atoms with E-state index in [2.05, 4.69) is 4.72 Å². The third kappa shape index (κ3) is 7.41. The average Bonchev–Trinajstić information content (AvgIpc) is 3.30. The Hall–Kier alpha value is -2.17. The molecule has 1 aromatic rings. The van der Waals surface area contributed by atoms with Gasteiger partial charge < -0.3 is 19.3 Å². The summed E-state index contributed by atoms with van der Waals surface area (Å²) in [4.78, 5) is 28.8. The second-order valence-corrected chi connectivity index (χ2v) is 11.9. The van der Waals surface area contributed by atoms with Crippen LogP contribution in [0, 0.1) is 5.92 Å². The van der Waals surface area contributed by atoms with Crippen molar-refractivity contribution >= 4 is 22.0 Å². The van der Waals surface area contributed by atoms with Gasteiger partial charge in [0.2, 0.25) is 10.0 Å². The van der Waals surface area contributed by atoms with Gasteiger partial charge in [-0.25, -0.2) is 17.9 Å². The van der Waals surface area contributed by atoms with Crippen molar-refractivity contribution in [3.8, 4) is 0 Å². The van der Waals surface area contributed by atoms with E-state index in [1.54, 1.807) is 29.0 Å². The lowest BCUT2D eigenvalue weighted by Gasteiger charge is -2.35. The Kier molecular flexibility index (Phi) is 8.59. The molecule has 0 saturated carbocycles. The van der Waals surface area contributed by atoms with Gasteiger partial charge >= 0.3 is 6.09 Å². The molecule has 2 heterocycles. The van der Waals surface area contributed by atoms with Crippen molar-refractivity contribution < 1.29 is 27.5 Å². The summed E-state index contributed by atoms with van der Waals surface area (Å²) in [7, 11) is -1.95. The van der Waals surface area contributed by atoms with E-state index < -0.39 is 15.6 Å². The molecule has 0 bridgehead atoms. The smallest absolute Gasteiger partial charge is 0.410 e. The summed E-state index contributed by atoms with van der Waals surface area (Å²) in [5.41, 5.74) is -0.112. The number of sulfonamides is 1. The van der Waals surface area contributed by atoms with Crippen molar-refractivity contribution in [1.82, 2.24) is 14.5 Å². The molecule has 0 aliphatic carbocycles. The van der Waals surface area contributed by atoms with Crippen LogP contribution in [0.5, 0.6) is 0 Å². The zero-order valence-corrected chi connectivity index (χ0v) is 21.4. The van der Waals surface area contributed by atoms with E-state index in [1.165, 1.54) is 12.1 Å². The molecule has 34 heavy (non-hydrogen) atoms. The van der Waals surface area contributed by atoms with Crippen LogP contribution in [0.2, 0.25) is 0 Å². The van der Waals surface area contributed by atoms with E-state index in [4.69, 9.17) is 9.47 Å². The zero-order chi connectivity index (χ0) is 24.9. The summed E-state index contributed by atoms with van der Waals surface area (Å²) < 4.78 is 38.6. The first-order chi connectivity index (χ1) is 15.9. The third-order valence-electron chi connectivity index (χ3n) is 5.98. The highest BCUT2D eigenvalue weighted by atomic mass is 32.2. The molecule has 2 saturated heterocycles. The lowest BCUT2D eigenvalue weighted by atomic mass is 9.97. The molecule has 2 atom stereocenters. The molecule has 9 nitrogen and oxygen atoms in total. The van der Waals surface area contributed by atoms with Crippen molar-refractivity contribution in [2.75, 3.05) is 39.8 Å². The van der Waals surface area contributed by atoms with Crippen molar-refractivity contribution in [2.45, 2.75) is 63.1 Å². The largest absolute Gasteiger partial charge is 0.444 e. The number of nitrogens with zero attached hydrogens (tertiary/aromatic N) is 2. The van der Waals surface area contributed by atoms with Gasteiger partial charge in [-0.1, -0.05) is 0 Å². The number of amides is 2. The van der Waals surface area contributed by atoms with Gasteiger partial charge in [-0.2, -0.15) is 0 Å². The summed E-state index contributed by atoms with van der Waals surface area (Å²) in [6.45, 7) is 8.08. The second kappa shape index (κ2) is 11.0. The fourth-order valence-electron chi connectivity index (χ4n) is 4.25. The van der Waals surface area contributed by atoms with Gasteiger partial charge in [0.15, 0.2) is 0 Å². The minimum Gasteiger partial charge on any atom is -0.444 e. The molecular formula is C24H37N3O6S. The third-order valence-corrected chi connectivity index (χ3v) is 7.42. The molecule has 10 heteroatoms. The maximum atomic E-state index is 13.1.